The third-order valence-corrected chi connectivity index (χ3v) is 5.80. The standard InChI is InChI=1S/C21H23N3O3S/c25-19(12-22-21(27)18-2-1-11-28-18)24(17-9-10-17)13-14-3-5-15(6-4-14)20(26)23-16-7-8-16/h1-6,11,16-17H,7-10,12-13H2,(H,22,27)(H,23,26). The Morgan fingerprint density at radius 2 is 1.75 bits per heavy atom. The predicted molar refractivity (Wildman–Crippen MR) is 107 cm³/mol. The van der Waals surface area contributed by atoms with E-state index in [4.69, 9.17) is 0 Å². The van der Waals surface area contributed by atoms with Gasteiger partial charge in [-0.15, -0.1) is 11.3 Å². The predicted octanol–water partition coefficient (Wildman–Crippen LogP) is 2.56. The van der Waals surface area contributed by atoms with Crippen molar-refractivity contribution in [2.24, 2.45) is 0 Å². The van der Waals surface area contributed by atoms with E-state index in [2.05, 4.69) is 10.6 Å². The Balaban J connectivity index is 1.33. The Morgan fingerprint density at radius 3 is 2.36 bits per heavy atom. The third kappa shape index (κ3) is 4.78. The number of benzene rings is 1. The monoisotopic (exact) mass is 397 g/mol. The Hall–Kier alpha value is -2.67. The fourth-order valence-electron chi connectivity index (χ4n) is 3.01. The highest BCUT2D eigenvalue weighted by molar-refractivity contribution is 7.12. The molecule has 1 aromatic carbocycles. The number of amides is 3. The van der Waals surface area contributed by atoms with E-state index in [1.807, 2.05) is 28.5 Å². The number of thiophene rings is 1. The lowest BCUT2D eigenvalue weighted by molar-refractivity contribution is -0.131. The summed E-state index contributed by atoms with van der Waals surface area (Å²) in [5, 5.41) is 7.52. The minimum Gasteiger partial charge on any atom is -0.349 e. The fourth-order valence-corrected chi connectivity index (χ4v) is 3.65. The summed E-state index contributed by atoms with van der Waals surface area (Å²) < 4.78 is 0. The van der Waals surface area contributed by atoms with Crippen molar-refractivity contribution < 1.29 is 14.4 Å². The lowest BCUT2D eigenvalue weighted by atomic mass is 10.1. The van der Waals surface area contributed by atoms with Crippen LogP contribution in [-0.4, -0.2) is 41.2 Å². The zero-order valence-electron chi connectivity index (χ0n) is 15.5. The van der Waals surface area contributed by atoms with Crippen LogP contribution in [0.4, 0.5) is 0 Å². The van der Waals surface area contributed by atoms with Crippen LogP contribution in [0.5, 0.6) is 0 Å². The molecule has 0 spiro atoms. The van der Waals surface area contributed by atoms with Crippen molar-refractivity contribution in [2.45, 2.75) is 44.3 Å². The van der Waals surface area contributed by atoms with E-state index in [1.165, 1.54) is 11.3 Å². The molecule has 2 saturated carbocycles. The van der Waals surface area contributed by atoms with Gasteiger partial charge in [0.15, 0.2) is 0 Å². The van der Waals surface area contributed by atoms with Crippen molar-refractivity contribution in [3.05, 3.63) is 57.8 Å². The van der Waals surface area contributed by atoms with Crippen molar-refractivity contribution >= 4 is 29.1 Å². The van der Waals surface area contributed by atoms with E-state index in [9.17, 15) is 14.4 Å². The van der Waals surface area contributed by atoms with E-state index in [0.29, 0.717) is 23.0 Å². The first-order valence-electron chi connectivity index (χ1n) is 9.61. The van der Waals surface area contributed by atoms with E-state index in [1.54, 1.807) is 18.2 Å². The fraction of sp³-hybridized carbons (Fsp3) is 0.381. The normalized spacial score (nSPS) is 15.7. The smallest absolute Gasteiger partial charge is 0.261 e. The van der Waals surface area contributed by atoms with Crippen LogP contribution < -0.4 is 10.6 Å². The molecule has 0 radical (unpaired) electrons. The van der Waals surface area contributed by atoms with Crippen LogP contribution in [0.1, 0.15) is 51.3 Å². The van der Waals surface area contributed by atoms with Gasteiger partial charge in [-0.2, -0.15) is 0 Å². The second kappa shape index (κ2) is 8.14. The van der Waals surface area contributed by atoms with Gasteiger partial charge >= 0.3 is 0 Å². The minimum atomic E-state index is -0.217. The molecule has 7 heteroatoms. The molecule has 2 aliphatic rings. The van der Waals surface area contributed by atoms with Gasteiger partial charge in [-0.3, -0.25) is 14.4 Å². The van der Waals surface area contributed by atoms with Gasteiger partial charge in [0, 0.05) is 24.2 Å². The number of rotatable bonds is 8. The third-order valence-electron chi connectivity index (χ3n) is 4.93. The lowest BCUT2D eigenvalue weighted by Gasteiger charge is -2.23. The van der Waals surface area contributed by atoms with Crippen LogP contribution in [0.2, 0.25) is 0 Å². The van der Waals surface area contributed by atoms with Crippen molar-refractivity contribution in [1.82, 2.24) is 15.5 Å². The molecular weight excluding hydrogens is 374 g/mol. The molecule has 3 amide bonds. The maximum Gasteiger partial charge on any atom is 0.261 e. The number of carbonyl (C=O) groups excluding carboxylic acids is 3. The van der Waals surface area contributed by atoms with Crippen LogP contribution >= 0.6 is 11.3 Å². The van der Waals surface area contributed by atoms with Crippen LogP contribution in [0, 0.1) is 0 Å². The largest absolute Gasteiger partial charge is 0.349 e. The Labute approximate surface area is 167 Å². The molecular formula is C21H23N3O3S. The summed E-state index contributed by atoms with van der Waals surface area (Å²) in [6.45, 7) is 0.484. The van der Waals surface area contributed by atoms with Crippen molar-refractivity contribution in [2.75, 3.05) is 6.54 Å². The van der Waals surface area contributed by atoms with Gasteiger partial charge in [-0.25, -0.2) is 0 Å². The molecule has 4 rings (SSSR count). The van der Waals surface area contributed by atoms with Crippen LogP contribution in [0.3, 0.4) is 0 Å². The van der Waals surface area contributed by atoms with Crippen molar-refractivity contribution in [3.63, 3.8) is 0 Å². The average Bonchev–Trinajstić information content (AvgIpc) is 3.64. The first kappa shape index (κ1) is 18.7. The molecule has 6 nitrogen and oxygen atoms in total. The number of nitrogens with one attached hydrogen (secondary N) is 2. The molecule has 2 aliphatic carbocycles. The Kier molecular flexibility index (Phi) is 5.43. The van der Waals surface area contributed by atoms with Gasteiger partial charge < -0.3 is 15.5 Å². The first-order chi connectivity index (χ1) is 13.6. The molecule has 0 saturated heterocycles. The Morgan fingerprint density at radius 1 is 1.00 bits per heavy atom. The lowest BCUT2D eigenvalue weighted by Crippen LogP contribution is -2.40. The number of hydrogen-bond donors (Lipinski definition) is 2. The first-order valence-corrected chi connectivity index (χ1v) is 10.5. The zero-order chi connectivity index (χ0) is 19.5. The molecule has 28 heavy (non-hydrogen) atoms. The molecule has 0 bridgehead atoms. The van der Waals surface area contributed by atoms with Gasteiger partial charge in [0.05, 0.1) is 11.4 Å². The molecule has 0 aliphatic heterocycles. The van der Waals surface area contributed by atoms with Gasteiger partial charge in [-0.1, -0.05) is 18.2 Å². The van der Waals surface area contributed by atoms with Crippen LogP contribution in [-0.2, 0) is 11.3 Å². The van der Waals surface area contributed by atoms with E-state index < -0.39 is 0 Å². The zero-order valence-corrected chi connectivity index (χ0v) is 16.3. The van der Waals surface area contributed by atoms with E-state index in [-0.39, 0.29) is 30.3 Å². The summed E-state index contributed by atoms with van der Waals surface area (Å²) in [5.41, 5.74) is 1.62. The van der Waals surface area contributed by atoms with E-state index in [0.717, 1.165) is 31.2 Å². The second-order valence-corrected chi connectivity index (χ2v) is 8.31. The Bertz CT molecular complexity index is 856. The van der Waals surface area contributed by atoms with Gasteiger partial charge in [0.1, 0.15) is 0 Å². The molecule has 1 heterocycles. The molecule has 2 fully saturated rings. The van der Waals surface area contributed by atoms with E-state index >= 15 is 0 Å². The highest BCUT2D eigenvalue weighted by Gasteiger charge is 2.32. The SMILES string of the molecule is O=C(NC1CC1)c1ccc(CN(C(=O)CNC(=O)c2cccs2)C2CC2)cc1. The molecule has 2 N–H and O–H groups in total. The second-order valence-electron chi connectivity index (χ2n) is 7.36. The molecule has 1 aromatic heterocycles. The van der Waals surface area contributed by atoms with Crippen LogP contribution in [0.25, 0.3) is 0 Å². The number of hydrogen-bond acceptors (Lipinski definition) is 4. The molecule has 0 unspecified atom stereocenters. The van der Waals surface area contributed by atoms with Crippen molar-refractivity contribution in [1.29, 1.82) is 0 Å². The number of carbonyl (C=O) groups is 3. The minimum absolute atomic E-state index is 0.00485. The number of nitrogens with zero attached hydrogens (tertiary/aromatic N) is 1. The summed E-state index contributed by atoms with van der Waals surface area (Å²) in [5.74, 6) is -0.339. The topological polar surface area (TPSA) is 78.5 Å². The summed E-state index contributed by atoms with van der Waals surface area (Å²) >= 11 is 1.35. The van der Waals surface area contributed by atoms with Gasteiger partial charge in [-0.05, 0) is 54.8 Å². The average molecular weight is 398 g/mol. The highest BCUT2D eigenvalue weighted by atomic mass is 32.1. The molecule has 146 valence electrons. The van der Waals surface area contributed by atoms with Crippen LogP contribution in [0.15, 0.2) is 41.8 Å². The maximum atomic E-state index is 12.7. The highest BCUT2D eigenvalue weighted by Crippen LogP contribution is 2.28. The summed E-state index contributed by atoms with van der Waals surface area (Å²) in [6.07, 6.45) is 4.11. The quantitative estimate of drug-likeness (QED) is 0.719. The maximum absolute atomic E-state index is 12.7. The van der Waals surface area contributed by atoms with Gasteiger partial charge in [0.25, 0.3) is 11.8 Å². The summed E-state index contributed by atoms with van der Waals surface area (Å²) in [6, 6.07) is 11.5. The molecule has 2 aromatic rings. The van der Waals surface area contributed by atoms with Gasteiger partial charge in [0.2, 0.25) is 5.91 Å². The molecule has 0 atom stereocenters. The summed E-state index contributed by atoms with van der Waals surface area (Å²) in [4.78, 5) is 39.2. The summed E-state index contributed by atoms with van der Waals surface area (Å²) in [7, 11) is 0. The van der Waals surface area contributed by atoms with Crippen molar-refractivity contribution in [3.8, 4) is 0 Å².